The molecule has 0 aliphatic rings. The zero-order chi connectivity index (χ0) is 8.81. The molecule has 0 aliphatic carbocycles. The summed E-state index contributed by atoms with van der Waals surface area (Å²) in [4.78, 5) is 0. The molecule has 0 heterocycles. The van der Waals surface area contributed by atoms with E-state index in [2.05, 4.69) is 10.6 Å². The van der Waals surface area contributed by atoms with Gasteiger partial charge in [0.15, 0.2) is 0 Å². The Morgan fingerprint density at radius 2 is 2.25 bits per heavy atom. The monoisotopic (exact) mass is 183 g/mol. The number of nitrogens with one attached hydrogen (secondary N) is 2. The smallest absolute Gasteiger partial charge is 0.110 e. The highest BCUT2D eigenvalue weighted by molar-refractivity contribution is 7.31. The predicted molar refractivity (Wildman–Crippen MR) is 50.2 cm³/mol. The van der Waals surface area contributed by atoms with Crippen LogP contribution in [0.3, 0.4) is 0 Å². The zero-order valence-corrected chi connectivity index (χ0v) is 7.66. The molecule has 1 rings (SSSR count). The van der Waals surface area contributed by atoms with E-state index in [0.29, 0.717) is 14.5 Å². The second-order valence-corrected chi connectivity index (χ2v) is 2.65. The van der Waals surface area contributed by atoms with E-state index in [1.165, 1.54) is 0 Å². The normalized spacial score (nSPS) is 10.4. The first-order chi connectivity index (χ1) is 5.88. The van der Waals surface area contributed by atoms with Gasteiger partial charge in [-0.15, -0.1) is 0 Å². The van der Waals surface area contributed by atoms with E-state index in [1.54, 1.807) is 6.07 Å². The van der Waals surface area contributed by atoms with Crippen molar-refractivity contribution in [3.63, 3.8) is 0 Å². The van der Waals surface area contributed by atoms with E-state index >= 15 is 0 Å². The fourth-order valence-corrected chi connectivity index (χ4v) is 0.975. The number of hydrogen-bond donors (Lipinski definition) is 2. The molecule has 64 valence electrons. The molecule has 12 heavy (non-hydrogen) atoms. The second-order valence-electron chi connectivity index (χ2n) is 2.04. The third-order valence-corrected chi connectivity index (χ3v) is 1.59. The summed E-state index contributed by atoms with van der Waals surface area (Å²) in [6.45, 7) is 1.91. The lowest BCUT2D eigenvalue weighted by molar-refractivity contribution is 0.467. The quantitative estimate of drug-likeness (QED) is 0.428. The molecule has 0 bridgehead atoms. The van der Waals surface area contributed by atoms with Crippen LogP contribution in [0.5, 0.6) is 0 Å². The van der Waals surface area contributed by atoms with Gasteiger partial charge in [0.05, 0.1) is 5.69 Å². The maximum absolute atomic E-state index is 6.85. The maximum atomic E-state index is 6.85. The molecule has 4 nitrogen and oxygen atoms in total. The second kappa shape index (κ2) is 4.80. The molecule has 1 aromatic carbocycles. The van der Waals surface area contributed by atoms with Crippen LogP contribution >= 0.6 is 8.81 Å². The summed E-state index contributed by atoms with van der Waals surface area (Å²) in [5, 5.41) is 3.33. The molecule has 2 N–H and O–H groups in total. The van der Waals surface area contributed by atoms with Crippen LogP contribution in [-0.2, 0) is 4.62 Å². The third-order valence-electron chi connectivity index (χ3n) is 1.29. The number of anilines is 1. The Hall–Kier alpha value is -0.990. The summed E-state index contributed by atoms with van der Waals surface area (Å²) < 4.78 is 5.00. The molecule has 0 radical (unpaired) electrons. The summed E-state index contributed by atoms with van der Waals surface area (Å²) in [7, 11) is 0.367. The minimum atomic E-state index is 0.367. The Labute approximate surface area is 72.7 Å². The number of rotatable bonds is 4. The van der Waals surface area contributed by atoms with Gasteiger partial charge in [-0.3, -0.25) is 10.1 Å². The van der Waals surface area contributed by atoms with Crippen LogP contribution < -0.4 is 5.48 Å². The summed E-state index contributed by atoms with van der Waals surface area (Å²) >= 11 is 0. The Morgan fingerprint density at radius 1 is 1.50 bits per heavy atom. The summed E-state index contributed by atoms with van der Waals surface area (Å²) in [5.41, 5.74) is 10.9. The van der Waals surface area contributed by atoms with Crippen molar-refractivity contribution >= 4 is 20.2 Å². The van der Waals surface area contributed by atoms with Gasteiger partial charge in [-0.05, 0) is 18.8 Å². The van der Waals surface area contributed by atoms with Crippen molar-refractivity contribution in [1.82, 2.24) is 0 Å². The minimum absolute atomic E-state index is 0.367. The van der Waals surface area contributed by atoms with Gasteiger partial charge in [-0.2, -0.15) is 5.11 Å². The molecular formula is C7H10N3OP. The fraction of sp³-hybridized carbons (Fsp3) is 0.143. The summed E-state index contributed by atoms with van der Waals surface area (Å²) in [5.74, 6) is 0. The lowest BCUT2D eigenvalue weighted by Gasteiger charge is -2.05. The van der Waals surface area contributed by atoms with Crippen LogP contribution in [-0.4, -0.2) is 6.66 Å². The van der Waals surface area contributed by atoms with Gasteiger partial charge >= 0.3 is 0 Å². The van der Waals surface area contributed by atoms with Crippen molar-refractivity contribution in [3.05, 3.63) is 24.3 Å². The molecule has 0 fully saturated rings. The number of benzene rings is 1. The first kappa shape index (κ1) is 9.10. The van der Waals surface area contributed by atoms with Gasteiger partial charge < -0.3 is 0 Å². The summed E-state index contributed by atoms with van der Waals surface area (Å²) in [6, 6.07) is 7.25. The summed E-state index contributed by atoms with van der Waals surface area (Å²) in [6.07, 6.45) is 0. The molecule has 1 unspecified atom stereocenters. The molecule has 0 amide bonds. The Bertz CT molecular complexity index is 267. The number of nitrogens with zero attached hydrogens (tertiary/aromatic N) is 1. The molecule has 1 atom stereocenters. The van der Waals surface area contributed by atoms with E-state index in [1.807, 2.05) is 24.9 Å². The molecule has 5 heteroatoms. The molecule has 0 aromatic heterocycles. The first-order valence-corrected chi connectivity index (χ1v) is 4.84. The Balaban J connectivity index is 2.75. The Morgan fingerprint density at radius 3 is 2.92 bits per heavy atom. The molecule has 1 aromatic rings. The highest BCUT2D eigenvalue weighted by atomic mass is 31.1. The van der Waals surface area contributed by atoms with Crippen LogP contribution in [0.2, 0.25) is 0 Å². The average Bonchev–Trinajstić information content (AvgIpc) is 2.15. The van der Waals surface area contributed by atoms with Crippen molar-refractivity contribution in [1.29, 1.82) is 5.53 Å². The largest absolute Gasteiger partial charge is 0.262 e. The maximum Gasteiger partial charge on any atom is 0.110 e. The lowest BCUT2D eigenvalue weighted by atomic mass is 10.3. The van der Waals surface area contributed by atoms with Gasteiger partial charge in [-0.25, -0.2) is 5.53 Å². The number of para-hydroxylation sites is 2. The SMILES string of the molecule is CPONc1ccccc1N=N. The van der Waals surface area contributed by atoms with Crippen LogP contribution in [0.25, 0.3) is 0 Å². The van der Waals surface area contributed by atoms with Crippen LogP contribution in [0.15, 0.2) is 29.4 Å². The highest BCUT2D eigenvalue weighted by Gasteiger charge is 1.97. The van der Waals surface area contributed by atoms with E-state index in [0.717, 1.165) is 5.69 Å². The first-order valence-electron chi connectivity index (χ1n) is 3.43. The van der Waals surface area contributed by atoms with Crippen molar-refractivity contribution in [3.8, 4) is 0 Å². The fourth-order valence-electron chi connectivity index (χ4n) is 0.763. The van der Waals surface area contributed by atoms with E-state index < -0.39 is 0 Å². The van der Waals surface area contributed by atoms with E-state index in [9.17, 15) is 0 Å². The van der Waals surface area contributed by atoms with Gasteiger partial charge in [0, 0.05) is 8.81 Å². The van der Waals surface area contributed by atoms with Crippen LogP contribution in [0, 0.1) is 5.53 Å². The van der Waals surface area contributed by atoms with Crippen LogP contribution in [0.4, 0.5) is 11.4 Å². The van der Waals surface area contributed by atoms with Crippen LogP contribution in [0.1, 0.15) is 0 Å². The van der Waals surface area contributed by atoms with Gasteiger partial charge in [0.25, 0.3) is 0 Å². The van der Waals surface area contributed by atoms with Crippen molar-refractivity contribution in [2.45, 2.75) is 0 Å². The van der Waals surface area contributed by atoms with Crippen molar-refractivity contribution in [2.24, 2.45) is 5.11 Å². The molecule has 0 saturated heterocycles. The lowest BCUT2D eigenvalue weighted by Crippen LogP contribution is -1.91. The topological polar surface area (TPSA) is 57.5 Å². The van der Waals surface area contributed by atoms with Gasteiger partial charge in [-0.1, -0.05) is 12.1 Å². The standard InChI is InChI=1S/C7H10N3OP/c1-12-11-10-7-5-3-2-4-6(7)9-8/h2-5,8,10,12H,1H3. The van der Waals surface area contributed by atoms with Gasteiger partial charge in [0.1, 0.15) is 5.69 Å². The predicted octanol–water partition coefficient (Wildman–Crippen LogP) is 2.92. The molecular weight excluding hydrogens is 173 g/mol. The minimum Gasteiger partial charge on any atom is -0.262 e. The average molecular weight is 183 g/mol. The Kier molecular flexibility index (Phi) is 3.64. The molecule has 0 saturated carbocycles. The zero-order valence-electron chi connectivity index (χ0n) is 6.66. The molecule has 0 aliphatic heterocycles. The van der Waals surface area contributed by atoms with Crippen molar-refractivity contribution < 1.29 is 4.62 Å². The number of hydrogen-bond acceptors (Lipinski definition) is 4. The van der Waals surface area contributed by atoms with Crippen molar-refractivity contribution in [2.75, 3.05) is 12.1 Å². The molecule has 0 spiro atoms. The van der Waals surface area contributed by atoms with E-state index in [4.69, 9.17) is 10.2 Å². The highest BCUT2D eigenvalue weighted by Crippen LogP contribution is 2.24. The third kappa shape index (κ3) is 2.26. The van der Waals surface area contributed by atoms with E-state index in [-0.39, 0.29) is 0 Å². The van der Waals surface area contributed by atoms with Gasteiger partial charge in [0.2, 0.25) is 0 Å².